The minimum atomic E-state index is -0.433. The van der Waals surface area contributed by atoms with E-state index in [0.717, 1.165) is 10.2 Å². The molecule has 28 heavy (non-hydrogen) atoms. The minimum absolute atomic E-state index is 0.317. The molecular formula is C20H20N2O5S. The van der Waals surface area contributed by atoms with Crippen molar-refractivity contribution in [3.8, 4) is 11.5 Å². The van der Waals surface area contributed by atoms with Gasteiger partial charge in [0.05, 0.1) is 42.7 Å². The fourth-order valence-corrected chi connectivity index (χ4v) is 4.04. The highest BCUT2D eigenvalue weighted by Gasteiger charge is 2.17. The summed E-state index contributed by atoms with van der Waals surface area (Å²) in [6, 6.07) is 10.3. The third-order valence-corrected chi connectivity index (χ3v) is 5.29. The first kappa shape index (κ1) is 19.6. The summed E-state index contributed by atoms with van der Waals surface area (Å²) in [6.07, 6.45) is 0. The van der Waals surface area contributed by atoms with Crippen LogP contribution < -0.4 is 14.3 Å². The first-order valence-corrected chi connectivity index (χ1v) is 9.37. The zero-order valence-electron chi connectivity index (χ0n) is 16.0. The zero-order chi connectivity index (χ0) is 20.3. The second-order valence-electron chi connectivity index (χ2n) is 5.76. The van der Waals surface area contributed by atoms with Crippen LogP contribution in [0.4, 0.5) is 0 Å². The van der Waals surface area contributed by atoms with Crippen LogP contribution >= 0.6 is 11.3 Å². The summed E-state index contributed by atoms with van der Waals surface area (Å²) in [5.41, 5.74) is 1.66. The number of aryl methyl sites for hydroxylation is 1. The van der Waals surface area contributed by atoms with Gasteiger partial charge in [0.1, 0.15) is 0 Å². The quantitative estimate of drug-likeness (QED) is 0.614. The van der Waals surface area contributed by atoms with E-state index >= 15 is 0 Å². The fourth-order valence-electron chi connectivity index (χ4n) is 2.91. The van der Waals surface area contributed by atoms with Crippen molar-refractivity contribution in [3.63, 3.8) is 0 Å². The Kier molecular flexibility index (Phi) is 5.79. The number of benzene rings is 2. The number of nitrogens with zero attached hydrogens (tertiary/aromatic N) is 2. The van der Waals surface area contributed by atoms with Crippen LogP contribution in [0, 0.1) is 0 Å². The van der Waals surface area contributed by atoms with Crippen LogP contribution in [-0.2, 0) is 11.3 Å². The van der Waals surface area contributed by atoms with E-state index in [-0.39, 0.29) is 0 Å². The van der Waals surface area contributed by atoms with Gasteiger partial charge in [-0.1, -0.05) is 17.4 Å². The molecule has 1 aromatic heterocycles. The normalized spacial score (nSPS) is 11.5. The molecule has 0 fully saturated rings. The largest absolute Gasteiger partial charge is 0.493 e. The van der Waals surface area contributed by atoms with E-state index in [1.165, 1.54) is 32.7 Å². The molecule has 2 aromatic carbocycles. The number of ether oxygens (including phenoxy) is 3. The maximum Gasteiger partial charge on any atom is 0.337 e. The highest BCUT2D eigenvalue weighted by molar-refractivity contribution is 7.16. The molecule has 3 rings (SSSR count). The Bertz CT molecular complexity index is 1110. The number of carbonyl (C=O) groups is 2. The number of thiazole rings is 1. The standard InChI is InChI=1S/C20H20N2O5S/c1-5-22-14-10-9-12(19(24)27-4)11-16(14)28-20(22)21-18(23)13-7-6-8-15(25-2)17(13)26-3/h6-11H,5H2,1-4H3. The van der Waals surface area contributed by atoms with Gasteiger partial charge in [-0.25, -0.2) is 4.79 Å². The second-order valence-corrected chi connectivity index (χ2v) is 6.77. The van der Waals surface area contributed by atoms with Gasteiger partial charge in [-0.15, -0.1) is 0 Å². The lowest BCUT2D eigenvalue weighted by molar-refractivity contribution is 0.0601. The molecule has 0 saturated heterocycles. The Labute approximate surface area is 165 Å². The van der Waals surface area contributed by atoms with E-state index in [4.69, 9.17) is 14.2 Å². The van der Waals surface area contributed by atoms with Crippen LogP contribution in [-0.4, -0.2) is 37.8 Å². The maximum atomic E-state index is 12.8. The number of methoxy groups -OCH3 is 3. The molecule has 0 spiro atoms. The van der Waals surface area contributed by atoms with Crippen LogP contribution in [0.5, 0.6) is 11.5 Å². The molecule has 0 radical (unpaired) electrons. The molecule has 0 N–H and O–H groups in total. The van der Waals surface area contributed by atoms with Crippen LogP contribution in [0.15, 0.2) is 41.4 Å². The van der Waals surface area contributed by atoms with Crippen LogP contribution in [0.2, 0.25) is 0 Å². The Morgan fingerprint density at radius 2 is 1.89 bits per heavy atom. The van der Waals surface area contributed by atoms with Gasteiger partial charge in [0.2, 0.25) is 0 Å². The predicted octanol–water partition coefficient (Wildman–Crippen LogP) is 3.27. The molecule has 146 valence electrons. The van der Waals surface area contributed by atoms with E-state index in [9.17, 15) is 9.59 Å². The van der Waals surface area contributed by atoms with E-state index in [1.807, 2.05) is 17.6 Å². The van der Waals surface area contributed by atoms with Crippen molar-refractivity contribution in [3.05, 3.63) is 52.3 Å². The third kappa shape index (κ3) is 3.50. The Morgan fingerprint density at radius 3 is 2.54 bits per heavy atom. The highest BCUT2D eigenvalue weighted by Crippen LogP contribution is 2.31. The van der Waals surface area contributed by atoms with Crippen molar-refractivity contribution in [2.24, 2.45) is 4.99 Å². The first-order chi connectivity index (χ1) is 13.5. The van der Waals surface area contributed by atoms with Gasteiger partial charge in [-0.05, 0) is 37.3 Å². The van der Waals surface area contributed by atoms with Crippen molar-refractivity contribution in [1.29, 1.82) is 0 Å². The number of hydrogen-bond acceptors (Lipinski definition) is 6. The van der Waals surface area contributed by atoms with Gasteiger partial charge in [0.25, 0.3) is 5.91 Å². The predicted molar refractivity (Wildman–Crippen MR) is 106 cm³/mol. The van der Waals surface area contributed by atoms with Crippen molar-refractivity contribution >= 4 is 33.4 Å². The zero-order valence-corrected chi connectivity index (χ0v) is 16.8. The summed E-state index contributed by atoms with van der Waals surface area (Å²) >= 11 is 1.33. The summed E-state index contributed by atoms with van der Waals surface area (Å²) in [6.45, 7) is 2.59. The number of fused-ring (bicyclic) bond motifs is 1. The smallest absolute Gasteiger partial charge is 0.337 e. The number of esters is 1. The monoisotopic (exact) mass is 400 g/mol. The molecule has 7 nitrogen and oxygen atoms in total. The van der Waals surface area contributed by atoms with Gasteiger partial charge >= 0.3 is 5.97 Å². The summed E-state index contributed by atoms with van der Waals surface area (Å²) in [5.74, 6) is -0.0337. The van der Waals surface area contributed by atoms with Crippen molar-refractivity contribution in [2.45, 2.75) is 13.5 Å². The van der Waals surface area contributed by atoms with Crippen molar-refractivity contribution in [2.75, 3.05) is 21.3 Å². The van der Waals surface area contributed by atoms with E-state index in [2.05, 4.69) is 4.99 Å². The molecule has 0 aliphatic heterocycles. The molecule has 1 heterocycles. The fraction of sp³-hybridized carbons (Fsp3) is 0.250. The lowest BCUT2D eigenvalue weighted by Gasteiger charge is -2.09. The summed E-state index contributed by atoms with van der Waals surface area (Å²) in [7, 11) is 4.34. The molecule has 0 aliphatic rings. The van der Waals surface area contributed by atoms with Crippen LogP contribution in [0.25, 0.3) is 10.2 Å². The van der Waals surface area contributed by atoms with Crippen LogP contribution in [0.1, 0.15) is 27.6 Å². The molecule has 0 unspecified atom stereocenters. The number of rotatable bonds is 5. The molecule has 3 aromatic rings. The molecule has 0 atom stereocenters. The molecule has 0 aliphatic carbocycles. The van der Waals surface area contributed by atoms with Gasteiger partial charge < -0.3 is 18.8 Å². The first-order valence-electron chi connectivity index (χ1n) is 8.55. The average Bonchev–Trinajstić information content (AvgIpc) is 3.08. The van der Waals surface area contributed by atoms with Crippen molar-refractivity contribution < 1.29 is 23.8 Å². The second kappa shape index (κ2) is 8.26. The number of carbonyl (C=O) groups excluding carboxylic acids is 2. The van der Waals surface area contributed by atoms with E-state index in [1.54, 1.807) is 30.3 Å². The molecular weight excluding hydrogens is 380 g/mol. The minimum Gasteiger partial charge on any atom is -0.493 e. The number of para-hydroxylation sites is 1. The molecule has 1 amide bonds. The average molecular weight is 400 g/mol. The lowest BCUT2D eigenvalue weighted by Crippen LogP contribution is -2.16. The Morgan fingerprint density at radius 1 is 1.11 bits per heavy atom. The highest BCUT2D eigenvalue weighted by atomic mass is 32.1. The van der Waals surface area contributed by atoms with Crippen molar-refractivity contribution in [1.82, 2.24) is 4.57 Å². The van der Waals surface area contributed by atoms with Gasteiger partial charge in [-0.3, -0.25) is 4.79 Å². The van der Waals surface area contributed by atoms with Gasteiger partial charge in [-0.2, -0.15) is 4.99 Å². The Balaban J connectivity index is 2.14. The molecule has 0 saturated carbocycles. The number of hydrogen-bond donors (Lipinski definition) is 0. The van der Waals surface area contributed by atoms with Crippen LogP contribution in [0.3, 0.4) is 0 Å². The van der Waals surface area contributed by atoms with Gasteiger partial charge in [0.15, 0.2) is 16.3 Å². The topological polar surface area (TPSA) is 79.1 Å². The maximum absolute atomic E-state index is 12.8. The lowest BCUT2D eigenvalue weighted by atomic mass is 10.2. The summed E-state index contributed by atoms with van der Waals surface area (Å²) < 4.78 is 18.1. The Hall–Kier alpha value is -3.13. The third-order valence-electron chi connectivity index (χ3n) is 4.25. The van der Waals surface area contributed by atoms with E-state index < -0.39 is 11.9 Å². The number of amides is 1. The van der Waals surface area contributed by atoms with Gasteiger partial charge in [0, 0.05) is 6.54 Å². The SMILES string of the molecule is CCn1c(=NC(=O)c2cccc(OC)c2OC)sc2cc(C(=O)OC)ccc21. The van der Waals surface area contributed by atoms with E-state index in [0.29, 0.717) is 34.0 Å². The molecule has 8 heteroatoms. The summed E-state index contributed by atoms with van der Waals surface area (Å²) in [5, 5.41) is 0. The summed E-state index contributed by atoms with van der Waals surface area (Å²) in [4.78, 5) is 29.5. The number of aromatic nitrogens is 1. The molecule has 0 bridgehead atoms.